The normalized spacial score (nSPS) is 23.4. The summed E-state index contributed by atoms with van der Waals surface area (Å²) in [7, 11) is 0. The summed E-state index contributed by atoms with van der Waals surface area (Å²) in [6.45, 7) is 0.261. The van der Waals surface area contributed by atoms with Gasteiger partial charge in [0.05, 0.1) is 17.4 Å². The summed E-state index contributed by atoms with van der Waals surface area (Å²) in [5.74, 6) is -0.0368. The van der Waals surface area contributed by atoms with Crippen LogP contribution in [0.3, 0.4) is 0 Å². The summed E-state index contributed by atoms with van der Waals surface area (Å²) in [5, 5.41) is 11.2. The Morgan fingerprint density at radius 2 is 1.93 bits per heavy atom. The standard InChI is InChI=1S/C18H21F3N2O4/c19-18(20,21)14-8-7-13(10-15(14)23-9-1-2-16(23)24)27-12-5-3-11(4-6-12)22-17(25)26/h7-8,10-12,22H,1-6,9H2,(H,25,26). The van der Waals surface area contributed by atoms with E-state index in [-0.39, 0.29) is 42.5 Å². The van der Waals surface area contributed by atoms with E-state index in [4.69, 9.17) is 9.84 Å². The predicted molar refractivity (Wildman–Crippen MR) is 90.9 cm³/mol. The maximum absolute atomic E-state index is 13.3. The molecule has 1 aliphatic carbocycles. The molecule has 0 radical (unpaired) electrons. The molecule has 3 rings (SSSR count). The van der Waals surface area contributed by atoms with Gasteiger partial charge in [-0.3, -0.25) is 4.79 Å². The van der Waals surface area contributed by atoms with Gasteiger partial charge in [-0.25, -0.2) is 4.79 Å². The Morgan fingerprint density at radius 1 is 1.22 bits per heavy atom. The minimum absolute atomic E-state index is 0.132. The Bertz CT molecular complexity index is 715. The molecule has 0 aromatic heterocycles. The number of anilines is 1. The van der Waals surface area contributed by atoms with E-state index in [0.29, 0.717) is 32.1 Å². The fourth-order valence-electron chi connectivity index (χ4n) is 3.64. The monoisotopic (exact) mass is 386 g/mol. The van der Waals surface area contributed by atoms with E-state index < -0.39 is 17.8 Å². The van der Waals surface area contributed by atoms with Crippen molar-refractivity contribution in [2.24, 2.45) is 0 Å². The largest absolute Gasteiger partial charge is 0.490 e. The molecule has 0 atom stereocenters. The van der Waals surface area contributed by atoms with Crippen LogP contribution in [0.25, 0.3) is 0 Å². The Balaban J connectivity index is 1.73. The Kier molecular flexibility index (Phi) is 5.48. The highest BCUT2D eigenvalue weighted by Crippen LogP contribution is 2.40. The number of nitrogens with one attached hydrogen (secondary N) is 1. The molecule has 1 saturated heterocycles. The number of benzene rings is 1. The Labute approximate surface area is 154 Å². The molecule has 1 heterocycles. The first-order chi connectivity index (χ1) is 12.7. The van der Waals surface area contributed by atoms with E-state index in [9.17, 15) is 22.8 Å². The van der Waals surface area contributed by atoms with Crippen LogP contribution in [0.15, 0.2) is 18.2 Å². The molecule has 27 heavy (non-hydrogen) atoms. The van der Waals surface area contributed by atoms with Crippen molar-refractivity contribution in [3.8, 4) is 5.75 Å². The number of hydrogen-bond donors (Lipinski definition) is 2. The minimum atomic E-state index is -4.56. The highest BCUT2D eigenvalue weighted by molar-refractivity contribution is 5.96. The zero-order chi connectivity index (χ0) is 19.6. The fourth-order valence-corrected chi connectivity index (χ4v) is 3.64. The van der Waals surface area contributed by atoms with Gasteiger partial charge >= 0.3 is 12.3 Å². The molecule has 2 amide bonds. The zero-order valence-corrected chi connectivity index (χ0v) is 14.6. The van der Waals surface area contributed by atoms with Crippen molar-refractivity contribution in [3.05, 3.63) is 23.8 Å². The maximum atomic E-state index is 13.3. The van der Waals surface area contributed by atoms with Crippen LogP contribution in [0.2, 0.25) is 0 Å². The number of carboxylic acid groups (broad SMARTS) is 1. The second-order valence-electron chi connectivity index (χ2n) is 6.87. The number of halogens is 3. The van der Waals surface area contributed by atoms with E-state index in [0.717, 1.165) is 6.07 Å². The van der Waals surface area contributed by atoms with Crippen LogP contribution < -0.4 is 15.0 Å². The van der Waals surface area contributed by atoms with Crippen molar-refractivity contribution in [1.29, 1.82) is 0 Å². The van der Waals surface area contributed by atoms with E-state index in [1.54, 1.807) is 0 Å². The fraction of sp³-hybridized carbons (Fsp3) is 0.556. The van der Waals surface area contributed by atoms with Crippen molar-refractivity contribution >= 4 is 17.7 Å². The molecule has 1 saturated carbocycles. The number of amides is 2. The molecule has 0 bridgehead atoms. The van der Waals surface area contributed by atoms with Gasteiger partial charge in [-0.1, -0.05) is 0 Å². The molecule has 1 aromatic rings. The summed E-state index contributed by atoms with van der Waals surface area (Å²) in [5.41, 5.74) is -1.01. The lowest BCUT2D eigenvalue weighted by Crippen LogP contribution is -2.38. The molecule has 2 aliphatic rings. The SMILES string of the molecule is O=C(O)NC1CCC(Oc2ccc(C(F)(F)F)c(N3CCCC3=O)c2)CC1. The topological polar surface area (TPSA) is 78.9 Å². The van der Waals surface area contributed by atoms with Crippen molar-refractivity contribution in [2.75, 3.05) is 11.4 Å². The third kappa shape index (κ3) is 4.64. The van der Waals surface area contributed by atoms with Crippen molar-refractivity contribution in [2.45, 2.75) is 56.8 Å². The molecular formula is C18H21F3N2O4. The molecule has 0 unspecified atom stereocenters. The van der Waals surface area contributed by atoms with Crippen LogP contribution in [0.5, 0.6) is 5.75 Å². The predicted octanol–water partition coefficient (Wildman–Crippen LogP) is 3.79. The third-order valence-corrected chi connectivity index (χ3v) is 4.94. The molecule has 2 N–H and O–H groups in total. The number of rotatable bonds is 4. The number of hydrogen-bond acceptors (Lipinski definition) is 3. The van der Waals surface area contributed by atoms with Gasteiger partial charge < -0.3 is 20.1 Å². The average Bonchev–Trinajstić information content (AvgIpc) is 3.01. The smallest absolute Gasteiger partial charge is 0.418 e. The molecular weight excluding hydrogens is 365 g/mol. The van der Waals surface area contributed by atoms with Gasteiger partial charge in [0.1, 0.15) is 5.75 Å². The third-order valence-electron chi connectivity index (χ3n) is 4.94. The van der Waals surface area contributed by atoms with E-state index >= 15 is 0 Å². The first kappa shape index (κ1) is 19.3. The summed E-state index contributed by atoms with van der Waals surface area (Å²) in [4.78, 5) is 23.8. The molecule has 1 aliphatic heterocycles. The van der Waals surface area contributed by atoms with Crippen molar-refractivity contribution < 1.29 is 32.6 Å². The van der Waals surface area contributed by atoms with Crippen LogP contribution in [-0.4, -0.2) is 35.8 Å². The van der Waals surface area contributed by atoms with Crippen molar-refractivity contribution in [3.63, 3.8) is 0 Å². The highest BCUT2D eigenvalue weighted by Gasteiger charge is 2.37. The van der Waals surface area contributed by atoms with Gasteiger partial charge in [-0.05, 0) is 44.2 Å². The molecule has 1 aromatic carbocycles. The van der Waals surface area contributed by atoms with Crippen LogP contribution in [0, 0.1) is 0 Å². The van der Waals surface area contributed by atoms with Gasteiger partial charge in [0, 0.05) is 25.1 Å². The zero-order valence-electron chi connectivity index (χ0n) is 14.6. The molecule has 6 nitrogen and oxygen atoms in total. The highest BCUT2D eigenvalue weighted by atomic mass is 19.4. The van der Waals surface area contributed by atoms with Crippen LogP contribution in [-0.2, 0) is 11.0 Å². The lowest BCUT2D eigenvalue weighted by Gasteiger charge is -2.29. The average molecular weight is 386 g/mol. The number of carbonyl (C=O) groups excluding carboxylic acids is 1. The van der Waals surface area contributed by atoms with Crippen LogP contribution in [0.1, 0.15) is 44.1 Å². The number of ether oxygens (including phenoxy) is 1. The van der Waals surface area contributed by atoms with E-state index in [1.807, 2.05) is 0 Å². The molecule has 148 valence electrons. The first-order valence-corrected chi connectivity index (χ1v) is 8.92. The number of nitrogens with zero attached hydrogens (tertiary/aromatic N) is 1. The van der Waals surface area contributed by atoms with Gasteiger partial charge in [-0.2, -0.15) is 13.2 Å². The lowest BCUT2D eigenvalue weighted by atomic mass is 9.93. The molecule has 9 heteroatoms. The second kappa shape index (κ2) is 7.66. The molecule has 2 fully saturated rings. The number of alkyl halides is 3. The molecule has 0 spiro atoms. The van der Waals surface area contributed by atoms with Gasteiger partial charge in [-0.15, -0.1) is 0 Å². The van der Waals surface area contributed by atoms with Gasteiger partial charge in [0.15, 0.2) is 0 Å². The van der Waals surface area contributed by atoms with Gasteiger partial charge in [0.2, 0.25) is 5.91 Å². The van der Waals surface area contributed by atoms with E-state index in [2.05, 4.69) is 5.32 Å². The van der Waals surface area contributed by atoms with Gasteiger partial charge in [0.25, 0.3) is 0 Å². The minimum Gasteiger partial charge on any atom is -0.490 e. The lowest BCUT2D eigenvalue weighted by molar-refractivity contribution is -0.137. The van der Waals surface area contributed by atoms with Crippen LogP contribution >= 0.6 is 0 Å². The maximum Gasteiger partial charge on any atom is 0.418 e. The van der Waals surface area contributed by atoms with Crippen molar-refractivity contribution in [1.82, 2.24) is 5.32 Å². The van der Waals surface area contributed by atoms with E-state index in [1.165, 1.54) is 17.0 Å². The summed E-state index contributed by atoms with van der Waals surface area (Å²) >= 11 is 0. The Morgan fingerprint density at radius 3 is 2.48 bits per heavy atom. The Hall–Kier alpha value is -2.45. The quantitative estimate of drug-likeness (QED) is 0.825. The number of carbonyl (C=O) groups is 2. The van der Waals surface area contributed by atoms with Crippen LogP contribution in [0.4, 0.5) is 23.7 Å². The summed E-state index contributed by atoms with van der Waals surface area (Å²) in [6.07, 6.45) is -2.64. The second-order valence-corrected chi connectivity index (χ2v) is 6.87. The summed E-state index contributed by atoms with van der Waals surface area (Å²) in [6, 6.07) is 3.38. The first-order valence-electron chi connectivity index (χ1n) is 8.92. The summed E-state index contributed by atoms with van der Waals surface area (Å²) < 4.78 is 45.8.